The number of hydrogen-bond donors (Lipinski definition) is 3. The molecular weight excluding hydrogens is 440 g/mol. The molecule has 4 aromatic rings. The first-order valence-electron chi connectivity index (χ1n) is 12.3. The third-order valence-electron chi connectivity index (χ3n) is 6.89. The van der Waals surface area contributed by atoms with Gasteiger partial charge >= 0.3 is 0 Å². The fourth-order valence-electron chi connectivity index (χ4n) is 4.94. The lowest BCUT2D eigenvalue weighted by atomic mass is 9.91. The summed E-state index contributed by atoms with van der Waals surface area (Å²) in [6.45, 7) is 5.59. The molecule has 2 unspecified atom stereocenters. The van der Waals surface area contributed by atoms with Crippen LogP contribution in [-0.4, -0.2) is 46.4 Å². The second-order valence-corrected chi connectivity index (χ2v) is 9.79. The summed E-state index contributed by atoms with van der Waals surface area (Å²) in [5.74, 6) is 0.841. The predicted octanol–water partition coefficient (Wildman–Crippen LogP) is 4.13. The molecule has 1 aliphatic rings. The number of nitrogens with one attached hydrogen (secondary N) is 3. The Hall–Kier alpha value is -3.58. The van der Waals surface area contributed by atoms with Gasteiger partial charge in [0.1, 0.15) is 11.3 Å². The van der Waals surface area contributed by atoms with Crippen LogP contribution in [-0.2, 0) is 22.6 Å². The Balaban J connectivity index is 1.36. The fourth-order valence-corrected chi connectivity index (χ4v) is 4.94. The third-order valence-corrected chi connectivity index (χ3v) is 6.89. The first-order valence-corrected chi connectivity index (χ1v) is 12.3. The maximum absolute atomic E-state index is 13.7. The normalized spacial score (nSPS) is 16.6. The van der Waals surface area contributed by atoms with E-state index in [1.807, 2.05) is 73.5 Å². The highest BCUT2D eigenvalue weighted by atomic mass is 16.3. The average Bonchev–Trinajstić information content (AvgIpc) is 3.56. The van der Waals surface area contributed by atoms with Crippen LogP contribution in [0.3, 0.4) is 0 Å². The third kappa shape index (κ3) is 4.95. The van der Waals surface area contributed by atoms with Crippen LogP contribution in [0.2, 0.25) is 0 Å². The number of carbonyl (C=O) groups is 2. The lowest BCUT2D eigenvalue weighted by Crippen LogP contribution is -2.58. The minimum Gasteiger partial charge on any atom is -0.460 e. The molecule has 1 fully saturated rings. The Bertz CT molecular complexity index is 1320. The molecule has 35 heavy (non-hydrogen) atoms. The molecule has 1 saturated heterocycles. The van der Waals surface area contributed by atoms with Gasteiger partial charge in [-0.1, -0.05) is 36.4 Å². The standard InChI is InChI=1S/C28H32N4O3/c1-19(18-32-13-7-12-26(32)33)31-27(34)28(2,15-21-16-29-24-10-5-4-9-23(21)24)30-17-22-14-20-8-3-6-11-25(20)35-22/h3-6,8-11,14,16,19,29-30H,7,12-13,15,17-18H2,1-2H3,(H,31,34). The number of nitrogens with zero attached hydrogens (tertiary/aromatic N) is 1. The highest BCUT2D eigenvalue weighted by Gasteiger charge is 2.35. The molecule has 0 aliphatic carbocycles. The zero-order valence-electron chi connectivity index (χ0n) is 20.3. The Morgan fingerprint density at radius 3 is 2.80 bits per heavy atom. The van der Waals surface area contributed by atoms with Gasteiger partial charge < -0.3 is 19.6 Å². The van der Waals surface area contributed by atoms with E-state index in [4.69, 9.17) is 4.42 Å². The van der Waals surface area contributed by atoms with Crippen molar-refractivity contribution in [1.82, 2.24) is 20.5 Å². The van der Waals surface area contributed by atoms with E-state index >= 15 is 0 Å². The summed E-state index contributed by atoms with van der Waals surface area (Å²) >= 11 is 0. The van der Waals surface area contributed by atoms with Crippen molar-refractivity contribution in [3.05, 3.63) is 72.1 Å². The van der Waals surface area contributed by atoms with Crippen molar-refractivity contribution in [2.75, 3.05) is 13.1 Å². The number of para-hydroxylation sites is 2. The van der Waals surface area contributed by atoms with E-state index in [0.29, 0.717) is 25.9 Å². The number of rotatable bonds is 9. The maximum atomic E-state index is 13.7. The van der Waals surface area contributed by atoms with Gasteiger partial charge in [0.25, 0.3) is 0 Å². The summed E-state index contributed by atoms with van der Waals surface area (Å²) in [6, 6.07) is 17.9. The van der Waals surface area contributed by atoms with Crippen molar-refractivity contribution >= 4 is 33.7 Å². The second kappa shape index (κ2) is 9.58. The summed E-state index contributed by atoms with van der Waals surface area (Å²) in [5, 5.41) is 8.78. The molecule has 0 saturated carbocycles. The molecule has 1 aliphatic heterocycles. The fraction of sp³-hybridized carbons (Fsp3) is 0.357. The first-order chi connectivity index (χ1) is 16.9. The number of carbonyl (C=O) groups excluding carboxylic acids is 2. The van der Waals surface area contributed by atoms with Gasteiger partial charge in [-0.05, 0) is 44.0 Å². The molecule has 2 amide bonds. The zero-order valence-corrected chi connectivity index (χ0v) is 20.3. The van der Waals surface area contributed by atoms with Crippen LogP contribution in [0.1, 0.15) is 38.0 Å². The topological polar surface area (TPSA) is 90.4 Å². The molecule has 2 aromatic carbocycles. The van der Waals surface area contributed by atoms with Crippen LogP contribution in [0.5, 0.6) is 0 Å². The number of benzene rings is 2. The van der Waals surface area contributed by atoms with Gasteiger partial charge in [-0.15, -0.1) is 0 Å². The lowest BCUT2D eigenvalue weighted by molar-refractivity contribution is -0.130. The lowest BCUT2D eigenvalue weighted by Gasteiger charge is -2.32. The Morgan fingerprint density at radius 1 is 1.20 bits per heavy atom. The largest absolute Gasteiger partial charge is 0.460 e. The number of aromatic nitrogens is 1. The number of hydrogen-bond acceptors (Lipinski definition) is 4. The molecule has 3 N–H and O–H groups in total. The number of fused-ring (bicyclic) bond motifs is 2. The minimum absolute atomic E-state index is 0.0990. The van der Waals surface area contributed by atoms with Gasteiger partial charge in [-0.25, -0.2) is 0 Å². The molecule has 0 radical (unpaired) electrons. The van der Waals surface area contributed by atoms with Crippen molar-refractivity contribution in [3.63, 3.8) is 0 Å². The molecule has 2 atom stereocenters. The Kier molecular flexibility index (Phi) is 6.34. The molecule has 2 aromatic heterocycles. The first kappa shape index (κ1) is 23.2. The van der Waals surface area contributed by atoms with Crippen LogP contribution in [0.4, 0.5) is 0 Å². The molecule has 7 heteroatoms. The number of likely N-dealkylation sites (tertiary alicyclic amines) is 1. The molecule has 0 spiro atoms. The van der Waals surface area contributed by atoms with Gasteiger partial charge in [-0.2, -0.15) is 0 Å². The van der Waals surface area contributed by atoms with E-state index in [0.717, 1.165) is 46.2 Å². The number of H-pyrrole nitrogens is 1. The van der Waals surface area contributed by atoms with Crippen LogP contribution in [0.25, 0.3) is 21.9 Å². The van der Waals surface area contributed by atoms with Crippen molar-refractivity contribution in [2.24, 2.45) is 0 Å². The Morgan fingerprint density at radius 2 is 2.00 bits per heavy atom. The molecule has 3 heterocycles. The van der Waals surface area contributed by atoms with E-state index in [-0.39, 0.29) is 17.9 Å². The van der Waals surface area contributed by atoms with E-state index in [1.165, 1.54) is 0 Å². The van der Waals surface area contributed by atoms with Crippen molar-refractivity contribution in [1.29, 1.82) is 0 Å². The van der Waals surface area contributed by atoms with E-state index in [1.54, 1.807) is 0 Å². The Labute approximate surface area is 204 Å². The molecular formula is C28H32N4O3. The van der Waals surface area contributed by atoms with Crippen molar-refractivity contribution in [3.8, 4) is 0 Å². The summed E-state index contributed by atoms with van der Waals surface area (Å²) in [4.78, 5) is 30.9. The van der Waals surface area contributed by atoms with Crippen LogP contribution < -0.4 is 10.6 Å². The van der Waals surface area contributed by atoms with E-state index < -0.39 is 5.54 Å². The summed E-state index contributed by atoms with van der Waals surface area (Å²) in [7, 11) is 0. The maximum Gasteiger partial charge on any atom is 0.240 e. The smallest absolute Gasteiger partial charge is 0.240 e. The summed E-state index contributed by atoms with van der Waals surface area (Å²) in [5.41, 5.74) is 2.05. The zero-order chi connectivity index (χ0) is 24.4. The molecule has 7 nitrogen and oxygen atoms in total. The molecule has 182 valence electrons. The summed E-state index contributed by atoms with van der Waals surface area (Å²) < 4.78 is 5.99. The van der Waals surface area contributed by atoms with E-state index in [2.05, 4.69) is 21.7 Å². The second-order valence-electron chi connectivity index (χ2n) is 9.79. The van der Waals surface area contributed by atoms with Crippen molar-refractivity contribution in [2.45, 2.75) is 51.2 Å². The number of amides is 2. The van der Waals surface area contributed by atoms with Crippen LogP contribution >= 0.6 is 0 Å². The minimum atomic E-state index is -0.896. The highest BCUT2D eigenvalue weighted by Crippen LogP contribution is 2.25. The van der Waals surface area contributed by atoms with Gasteiger partial charge in [-0.3, -0.25) is 14.9 Å². The molecule has 5 rings (SSSR count). The molecule has 0 bridgehead atoms. The van der Waals surface area contributed by atoms with Gasteiger partial charge in [0.05, 0.1) is 12.1 Å². The average molecular weight is 473 g/mol. The number of aromatic amines is 1. The summed E-state index contributed by atoms with van der Waals surface area (Å²) in [6.07, 6.45) is 3.96. The quantitative estimate of drug-likeness (QED) is 0.342. The van der Waals surface area contributed by atoms with Crippen LogP contribution in [0.15, 0.2) is 65.2 Å². The van der Waals surface area contributed by atoms with Gasteiger partial charge in [0, 0.05) is 54.5 Å². The van der Waals surface area contributed by atoms with Crippen LogP contribution in [0, 0.1) is 0 Å². The predicted molar refractivity (Wildman–Crippen MR) is 137 cm³/mol. The monoisotopic (exact) mass is 472 g/mol. The van der Waals surface area contributed by atoms with Gasteiger partial charge in [0.15, 0.2) is 0 Å². The van der Waals surface area contributed by atoms with E-state index in [9.17, 15) is 9.59 Å². The highest BCUT2D eigenvalue weighted by molar-refractivity contribution is 5.89. The number of furan rings is 1. The van der Waals surface area contributed by atoms with Gasteiger partial charge in [0.2, 0.25) is 11.8 Å². The van der Waals surface area contributed by atoms with Crippen molar-refractivity contribution < 1.29 is 14.0 Å². The SMILES string of the molecule is CC(CN1CCCC1=O)NC(=O)C(C)(Cc1c[nH]c2ccccc12)NCc1cc2ccccc2o1.